The molecule has 1 aliphatic heterocycles. The molecule has 0 aromatic heterocycles. The van der Waals surface area contributed by atoms with Crippen molar-refractivity contribution in [3.05, 3.63) is 48.6 Å². The lowest BCUT2D eigenvalue weighted by Gasteiger charge is -2.25. The summed E-state index contributed by atoms with van der Waals surface area (Å²) in [6, 6.07) is 0. The molecule has 0 fully saturated rings. The number of aliphatic hydroxyl groups is 5. The van der Waals surface area contributed by atoms with Crippen molar-refractivity contribution < 1.29 is 35.1 Å². The molecule has 7 heteroatoms. The lowest BCUT2D eigenvalue weighted by atomic mass is 9.88. The second-order valence-corrected chi connectivity index (χ2v) is 11.3. The molecule has 0 bridgehead atoms. The molecule has 0 spiro atoms. The summed E-state index contributed by atoms with van der Waals surface area (Å²) in [6.45, 7) is 17.3. The van der Waals surface area contributed by atoms with Gasteiger partial charge in [0.2, 0.25) is 0 Å². The number of ether oxygens (including phenoxy) is 1. The average Bonchev–Trinajstić information content (AvgIpc) is 2.86. The van der Waals surface area contributed by atoms with E-state index in [2.05, 4.69) is 13.2 Å². The van der Waals surface area contributed by atoms with E-state index in [1.54, 1.807) is 26.0 Å². The van der Waals surface area contributed by atoms with E-state index in [9.17, 15) is 30.3 Å². The SMILES string of the molecule is C=C(CCC1/C=C/C(O)CC(=C)[C@H](C)[C@@H](O)C[C@H](O)CCC(O)C/C=C/[C@@H](C)[C@@H](C)C(=O)O1)[C@@H](C)[C@H](C)O. The van der Waals surface area contributed by atoms with Crippen molar-refractivity contribution in [2.45, 2.75) is 116 Å². The molecule has 1 heterocycles. The number of carbonyl (C=O) groups excluding carboxylic acids is 1. The molecular weight excluding hydrogens is 484 g/mol. The van der Waals surface area contributed by atoms with E-state index in [-0.39, 0.29) is 36.6 Å². The number of allylic oxidation sites excluding steroid dienone is 1. The Morgan fingerprint density at radius 2 is 1.66 bits per heavy atom. The minimum atomic E-state index is -0.886. The van der Waals surface area contributed by atoms with Gasteiger partial charge in [-0.15, -0.1) is 0 Å². The van der Waals surface area contributed by atoms with Gasteiger partial charge in [0.25, 0.3) is 0 Å². The molecule has 5 N–H and O–H groups in total. The first-order valence-corrected chi connectivity index (χ1v) is 14.0. The molecule has 1 rings (SSSR count). The van der Waals surface area contributed by atoms with E-state index in [0.29, 0.717) is 37.7 Å². The number of hydrogen-bond acceptors (Lipinski definition) is 7. The second-order valence-electron chi connectivity index (χ2n) is 11.3. The van der Waals surface area contributed by atoms with Crippen LogP contribution < -0.4 is 0 Å². The molecule has 3 unspecified atom stereocenters. The number of cyclic esters (lactones) is 1. The highest BCUT2D eigenvalue weighted by atomic mass is 16.5. The molecule has 0 amide bonds. The predicted octanol–water partition coefficient (Wildman–Crippen LogP) is 4.24. The first kappa shape index (κ1) is 34.3. The third kappa shape index (κ3) is 12.4. The van der Waals surface area contributed by atoms with Crippen LogP contribution in [0.2, 0.25) is 0 Å². The van der Waals surface area contributed by atoms with Crippen molar-refractivity contribution in [3.63, 3.8) is 0 Å². The lowest BCUT2D eigenvalue weighted by Crippen LogP contribution is -2.27. The van der Waals surface area contributed by atoms with E-state index < -0.39 is 42.5 Å². The summed E-state index contributed by atoms with van der Waals surface area (Å²) in [5, 5.41) is 51.8. The van der Waals surface area contributed by atoms with Crippen molar-refractivity contribution >= 4 is 5.97 Å². The highest BCUT2D eigenvalue weighted by Gasteiger charge is 2.25. The van der Waals surface area contributed by atoms with Crippen LogP contribution in [0.15, 0.2) is 48.6 Å². The fourth-order valence-corrected chi connectivity index (χ4v) is 4.33. The Morgan fingerprint density at radius 1 is 1.03 bits per heavy atom. The van der Waals surface area contributed by atoms with Crippen LogP contribution in [0.1, 0.15) is 79.6 Å². The van der Waals surface area contributed by atoms with Crippen molar-refractivity contribution in [2.75, 3.05) is 0 Å². The molecule has 0 radical (unpaired) electrons. The summed E-state index contributed by atoms with van der Waals surface area (Å²) in [5.41, 5.74) is 1.51. The first-order valence-electron chi connectivity index (χ1n) is 14.0. The number of esters is 1. The Bertz CT molecular complexity index is 802. The largest absolute Gasteiger partial charge is 0.458 e. The van der Waals surface area contributed by atoms with Crippen LogP contribution >= 0.6 is 0 Å². The average molecular weight is 537 g/mol. The van der Waals surface area contributed by atoms with Crippen LogP contribution in [0.4, 0.5) is 0 Å². The van der Waals surface area contributed by atoms with Crippen LogP contribution in [0, 0.1) is 23.7 Å². The number of hydrogen-bond donors (Lipinski definition) is 5. The third-order valence-electron chi connectivity index (χ3n) is 7.98. The number of rotatable bonds is 5. The standard InChI is InChI=1S/C31H52O7/c1-19-9-8-10-26(33)12-13-28(35)18-30(36)23(5)21(3)17-27(34)14-16-29(38-31(37)24(19)6)15-11-20(2)22(4)25(7)32/h8-9,14,16,19,22-30,32-36H,2-3,10-13,15,17-18H2,1,4-7H3/b9-8+,16-14+/t19-,22-,23+,24-,25+,26?,27?,28-,29?,30+/m1/s1. The quantitative estimate of drug-likeness (QED) is 0.263. The van der Waals surface area contributed by atoms with Crippen LogP contribution in [0.25, 0.3) is 0 Å². The van der Waals surface area contributed by atoms with Gasteiger partial charge in [0, 0.05) is 11.8 Å². The van der Waals surface area contributed by atoms with Gasteiger partial charge in [-0.25, -0.2) is 0 Å². The van der Waals surface area contributed by atoms with Gasteiger partial charge in [-0.1, -0.05) is 70.2 Å². The molecule has 0 aromatic rings. The lowest BCUT2D eigenvalue weighted by molar-refractivity contribution is -0.152. The molecule has 10 atom stereocenters. The topological polar surface area (TPSA) is 127 Å². The summed E-state index contributed by atoms with van der Waals surface area (Å²) < 4.78 is 5.84. The van der Waals surface area contributed by atoms with E-state index in [1.165, 1.54) is 0 Å². The summed E-state index contributed by atoms with van der Waals surface area (Å²) >= 11 is 0. The fraction of sp³-hybridized carbons (Fsp3) is 0.710. The predicted molar refractivity (Wildman–Crippen MR) is 151 cm³/mol. The van der Waals surface area contributed by atoms with Gasteiger partial charge in [-0.3, -0.25) is 4.79 Å². The molecule has 0 saturated heterocycles. The summed E-state index contributed by atoms with van der Waals surface area (Å²) in [5.74, 6) is -1.33. The molecule has 0 aliphatic carbocycles. The van der Waals surface area contributed by atoms with Crippen LogP contribution in [0.3, 0.4) is 0 Å². The van der Waals surface area contributed by atoms with Gasteiger partial charge in [0.05, 0.1) is 36.4 Å². The van der Waals surface area contributed by atoms with Crippen LogP contribution in [-0.2, 0) is 9.53 Å². The zero-order valence-electron chi connectivity index (χ0n) is 24.0. The van der Waals surface area contributed by atoms with Gasteiger partial charge < -0.3 is 30.3 Å². The van der Waals surface area contributed by atoms with Crippen LogP contribution in [0.5, 0.6) is 0 Å². The highest BCUT2D eigenvalue weighted by molar-refractivity contribution is 5.73. The maximum absolute atomic E-state index is 13.0. The van der Waals surface area contributed by atoms with E-state index >= 15 is 0 Å². The molecule has 0 saturated carbocycles. The van der Waals surface area contributed by atoms with E-state index in [4.69, 9.17) is 4.74 Å². The maximum atomic E-state index is 13.0. The zero-order chi connectivity index (χ0) is 29.0. The van der Waals surface area contributed by atoms with Gasteiger partial charge in [-0.05, 0) is 63.9 Å². The summed E-state index contributed by atoms with van der Waals surface area (Å²) in [6.07, 6.45) is 5.33. The molecule has 218 valence electrons. The van der Waals surface area contributed by atoms with E-state index in [1.807, 2.05) is 32.9 Å². The first-order chi connectivity index (χ1) is 17.7. The Balaban J connectivity index is 3.11. The van der Waals surface area contributed by atoms with Crippen LogP contribution in [-0.4, -0.2) is 68.1 Å². The summed E-state index contributed by atoms with van der Waals surface area (Å²) in [7, 11) is 0. The Kier molecular flexibility index (Phi) is 15.4. The molecule has 1 aliphatic rings. The number of carbonyl (C=O) groups is 1. The Hall–Kier alpha value is -1.77. The van der Waals surface area contributed by atoms with Crippen molar-refractivity contribution in [1.82, 2.24) is 0 Å². The molecule has 38 heavy (non-hydrogen) atoms. The van der Waals surface area contributed by atoms with E-state index in [0.717, 1.165) is 5.57 Å². The minimum Gasteiger partial charge on any atom is -0.458 e. The van der Waals surface area contributed by atoms with Gasteiger partial charge in [-0.2, -0.15) is 0 Å². The fourth-order valence-electron chi connectivity index (χ4n) is 4.33. The normalized spacial score (nSPS) is 36.5. The smallest absolute Gasteiger partial charge is 0.309 e. The zero-order valence-corrected chi connectivity index (χ0v) is 24.0. The van der Waals surface area contributed by atoms with Crippen molar-refractivity contribution in [3.8, 4) is 0 Å². The third-order valence-corrected chi connectivity index (χ3v) is 7.98. The highest BCUT2D eigenvalue weighted by Crippen LogP contribution is 2.25. The number of aliphatic hydroxyl groups excluding tert-OH is 5. The minimum absolute atomic E-state index is 0.0954. The summed E-state index contributed by atoms with van der Waals surface area (Å²) in [4.78, 5) is 13.0. The van der Waals surface area contributed by atoms with Gasteiger partial charge in [0.15, 0.2) is 0 Å². The Morgan fingerprint density at radius 3 is 2.29 bits per heavy atom. The monoisotopic (exact) mass is 536 g/mol. The Labute approximate surface area is 229 Å². The maximum Gasteiger partial charge on any atom is 0.309 e. The van der Waals surface area contributed by atoms with Crippen molar-refractivity contribution in [2.24, 2.45) is 23.7 Å². The molecule has 0 aromatic carbocycles. The molecular formula is C31H52O7. The van der Waals surface area contributed by atoms with Gasteiger partial charge in [0.1, 0.15) is 6.10 Å². The second kappa shape index (κ2) is 17.0. The van der Waals surface area contributed by atoms with Crippen molar-refractivity contribution in [1.29, 1.82) is 0 Å². The van der Waals surface area contributed by atoms with Gasteiger partial charge >= 0.3 is 5.97 Å². The molecule has 7 nitrogen and oxygen atoms in total.